The lowest BCUT2D eigenvalue weighted by Crippen LogP contribution is -1.97. The predicted octanol–water partition coefficient (Wildman–Crippen LogP) is 3.45. The lowest BCUT2D eigenvalue weighted by Gasteiger charge is -2.11. The first-order valence-corrected chi connectivity index (χ1v) is 7.15. The number of benzene rings is 1. The Bertz CT molecular complexity index is 640. The summed E-state index contributed by atoms with van der Waals surface area (Å²) < 4.78 is 10.9. The van der Waals surface area contributed by atoms with Gasteiger partial charge in [-0.15, -0.1) is 0 Å². The summed E-state index contributed by atoms with van der Waals surface area (Å²) in [5, 5.41) is 3.99. The highest BCUT2D eigenvalue weighted by Crippen LogP contribution is 2.58. The van der Waals surface area contributed by atoms with Gasteiger partial charge in [0.25, 0.3) is 0 Å². The summed E-state index contributed by atoms with van der Waals surface area (Å²) in [6, 6.07) is 7.92. The van der Waals surface area contributed by atoms with Gasteiger partial charge in [0.1, 0.15) is 11.5 Å². The zero-order valence-electron chi connectivity index (χ0n) is 11.5. The molecule has 4 nitrogen and oxygen atoms in total. The molecule has 2 saturated carbocycles. The molecule has 2 N–H and O–H groups in total. The minimum absolute atomic E-state index is 0.477. The molecule has 2 unspecified atom stereocenters. The number of ether oxygens (including phenoxy) is 1. The number of nitrogens with two attached hydrogens (primary N) is 1. The number of rotatable bonds is 3. The van der Waals surface area contributed by atoms with Crippen LogP contribution >= 0.6 is 0 Å². The van der Waals surface area contributed by atoms with E-state index in [1.807, 2.05) is 24.3 Å². The van der Waals surface area contributed by atoms with Crippen molar-refractivity contribution in [2.75, 3.05) is 12.8 Å². The van der Waals surface area contributed by atoms with Crippen LogP contribution < -0.4 is 10.5 Å². The summed E-state index contributed by atoms with van der Waals surface area (Å²) in [4.78, 5) is 0. The van der Waals surface area contributed by atoms with Crippen LogP contribution in [0.1, 0.15) is 30.9 Å². The molecule has 0 aliphatic heterocycles. The van der Waals surface area contributed by atoms with Crippen LogP contribution in [0.3, 0.4) is 0 Å². The maximum atomic E-state index is 6.03. The molecule has 0 radical (unpaired) electrons. The Morgan fingerprint density at radius 3 is 2.80 bits per heavy atom. The molecule has 1 aromatic carbocycles. The number of hydrogen-bond donors (Lipinski definition) is 1. The molecule has 20 heavy (non-hydrogen) atoms. The monoisotopic (exact) mass is 270 g/mol. The third-order valence-corrected chi connectivity index (χ3v) is 4.72. The highest BCUT2D eigenvalue weighted by molar-refractivity contribution is 5.76. The Hall–Kier alpha value is -1.97. The summed E-state index contributed by atoms with van der Waals surface area (Å²) in [5.74, 6) is 4.55. The van der Waals surface area contributed by atoms with E-state index >= 15 is 0 Å². The zero-order valence-corrected chi connectivity index (χ0v) is 11.5. The topological polar surface area (TPSA) is 61.3 Å². The molecule has 1 heterocycles. The number of anilines is 1. The maximum absolute atomic E-state index is 6.03. The number of nitrogens with zero attached hydrogens (tertiary/aromatic N) is 1. The molecule has 1 aromatic heterocycles. The van der Waals surface area contributed by atoms with Crippen molar-refractivity contribution in [1.82, 2.24) is 5.16 Å². The fourth-order valence-electron chi connectivity index (χ4n) is 3.59. The SMILES string of the molecule is COc1cccc(-c2c(N)noc2C2CC3CC3C2)c1. The van der Waals surface area contributed by atoms with Gasteiger partial charge < -0.3 is 15.0 Å². The standard InChI is InChI=1S/C16H18N2O2/c1-19-13-4-2-3-9(8-13)14-15(20-18-16(14)17)12-6-10-5-11(10)7-12/h2-4,8,10-12H,5-7H2,1H3,(H2,17,18). The van der Waals surface area contributed by atoms with Gasteiger partial charge in [0.05, 0.1) is 12.7 Å². The predicted molar refractivity (Wildman–Crippen MR) is 76.5 cm³/mol. The van der Waals surface area contributed by atoms with Crippen molar-refractivity contribution in [3.63, 3.8) is 0 Å². The van der Waals surface area contributed by atoms with Crippen LogP contribution in [-0.4, -0.2) is 12.3 Å². The van der Waals surface area contributed by atoms with Gasteiger partial charge in [-0.25, -0.2) is 0 Å². The molecule has 2 aromatic rings. The first kappa shape index (κ1) is 11.8. The smallest absolute Gasteiger partial charge is 0.175 e. The molecule has 4 heteroatoms. The second-order valence-electron chi connectivity index (χ2n) is 5.96. The molecule has 4 rings (SSSR count). The highest BCUT2D eigenvalue weighted by atomic mass is 16.5. The molecule has 104 valence electrons. The fourth-order valence-corrected chi connectivity index (χ4v) is 3.59. The number of methoxy groups -OCH3 is 1. The van der Waals surface area contributed by atoms with Gasteiger partial charge in [-0.1, -0.05) is 17.3 Å². The highest BCUT2D eigenvalue weighted by Gasteiger charge is 2.48. The van der Waals surface area contributed by atoms with Gasteiger partial charge in [-0.3, -0.25) is 0 Å². The second kappa shape index (κ2) is 4.27. The molecule has 2 atom stereocenters. The minimum atomic E-state index is 0.477. The van der Waals surface area contributed by atoms with Gasteiger partial charge in [0.2, 0.25) is 0 Å². The lowest BCUT2D eigenvalue weighted by atomic mass is 9.94. The molecular formula is C16H18N2O2. The zero-order chi connectivity index (χ0) is 13.7. The first-order chi connectivity index (χ1) is 9.76. The Labute approximate surface area is 117 Å². The van der Waals surface area contributed by atoms with E-state index in [9.17, 15) is 0 Å². The van der Waals surface area contributed by atoms with E-state index in [-0.39, 0.29) is 0 Å². The molecule has 0 saturated heterocycles. The normalized spacial score (nSPS) is 27.4. The summed E-state index contributed by atoms with van der Waals surface area (Å²) in [5.41, 5.74) is 8.01. The number of hydrogen-bond acceptors (Lipinski definition) is 4. The molecule has 2 aliphatic carbocycles. The van der Waals surface area contributed by atoms with Crippen LogP contribution in [-0.2, 0) is 0 Å². The Morgan fingerprint density at radius 1 is 1.25 bits per heavy atom. The van der Waals surface area contributed by atoms with Crippen LogP contribution in [0.15, 0.2) is 28.8 Å². The van der Waals surface area contributed by atoms with Crippen molar-refractivity contribution >= 4 is 5.82 Å². The van der Waals surface area contributed by atoms with E-state index in [0.29, 0.717) is 11.7 Å². The van der Waals surface area contributed by atoms with E-state index < -0.39 is 0 Å². The first-order valence-electron chi connectivity index (χ1n) is 7.15. The largest absolute Gasteiger partial charge is 0.497 e. The van der Waals surface area contributed by atoms with E-state index in [0.717, 1.165) is 34.5 Å². The van der Waals surface area contributed by atoms with E-state index in [2.05, 4.69) is 5.16 Å². The summed E-state index contributed by atoms with van der Waals surface area (Å²) in [6.45, 7) is 0. The number of aromatic nitrogens is 1. The van der Waals surface area contributed by atoms with Crippen molar-refractivity contribution < 1.29 is 9.26 Å². The van der Waals surface area contributed by atoms with E-state index in [4.69, 9.17) is 15.0 Å². The van der Waals surface area contributed by atoms with Gasteiger partial charge in [0.15, 0.2) is 5.82 Å². The Morgan fingerprint density at radius 2 is 2.05 bits per heavy atom. The third kappa shape index (κ3) is 1.79. The maximum Gasteiger partial charge on any atom is 0.175 e. The van der Waals surface area contributed by atoms with Gasteiger partial charge in [-0.2, -0.15) is 0 Å². The molecule has 2 aliphatic rings. The summed E-state index contributed by atoms with van der Waals surface area (Å²) in [6.07, 6.45) is 3.83. The van der Waals surface area contributed by atoms with Crippen molar-refractivity contribution in [1.29, 1.82) is 0 Å². The number of fused-ring (bicyclic) bond motifs is 1. The third-order valence-electron chi connectivity index (χ3n) is 4.72. The minimum Gasteiger partial charge on any atom is -0.497 e. The van der Waals surface area contributed by atoms with Gasteiger partial charge >= 0.3 is 0 Å². The van der Waals surface area contributed by atoms with Crippen LogP contribution in [0.2, 0.25) is 0 Å². The number of nitrogen functional groups attached to an aromatic ring is 1. The Balaban J connectivity index is 1.74. The molecule has 0 bridgehead atoms. The van der Waals surface area contributed by atoms with Crippen LogP contribution in [0.4, 0.5) is 5.82 Å². The van der Waals surface area contributed by atoms with Crippen LogP contribution in [0.25, 0.3) is 11.1 Å². The lowest BCUT2D eigenvalue weighted by molar-refractivity contribution is 0.356. The van der Waals surface area contributed by atoms with E-state index in [1.165, 1.54) is 19.3 Å². The molecule has 0 amide bonds. The average Bonchev–Trinajstić information content (AvgIpc) is 2.91. The summed E-state index contributed by atoms with van der Waals surface area (Å²) in [7, 11) is 1.67. The fraction of sp³-hybridized carbons (Fsp3) is 0.438. The molecular weight excluding hydrogens is 252 g/mol. The Kier molecular flexibility index (Phi) is 2.52. The van der Waals surface area contributed by atoms with Crippen molar-refractivity contribution in [2.24, 2.45) is 11.8 Å². The molecule has 0 spiro atoms. The average molecular weight is 270 g/mol. The van der Waals surface area contributed by atoms with E-state index in [1.54, 1.807) is 7.11 Å². The summed E-state index contributed by atoms with van der Waals surface area (Å²) >= 11 is 0. The van der Waals surface area contributed by atoms with Crippen molar-refractivity contribution in [3.05, 3.63) is 30.0 Å². The van der Waals surface area contributed by atoms with Crippen molar-refractivity contribution in [3.8, 4) is 16.9 Å². The van der Waals surface area contributed by atoms with Gasteiger partial charge in [0, 0.05) is 5.92 Å². The van der Waals surface area contributed by atoms with Crippen molar-refractivity contribution in [2.45, 2.75) is 25.2 Å². The second-order valence-corrected chi connectivity index (χ2v) is 5.96. The van der Waals surface area contributed by atoms with Crippen LogP contribution in [0.5, 0.6) is 5.75 Å². The quantitative estimate of drug-likeness (QED) is 0.928. The molecule has 2 fully saturated rings. The van der Waals surface area contributed by atoms with Gasteiger partial charge in [-0.05, 0) is 48.8 Å². The van der Waals surface area contributed by atoms with Crippen LogP contribution in [0, 0.1) is 11.8 Å².